The number of primary amides is 1. The van der Waals surface area contributed by atoms with Crippen molar-refractivity contribution < 1.29 is 13.2 Å². The van der Waals surface area contributed by atoms with E-state index in [4.69, 9.17) is 5.73 Å². The Morgan fingerprint density at radius 2 is 1.68 bits per heavy atom. The van der Waals surface area contributed by atoms with E-state index in [1.807, 2.05) is 49.4 Å². The van der Waals surface area contributed by atoms with Crippen LogP contribution in [0.5, 0.6) is 0 Å². The number of aryl methyl sites for hydroxylation is 1. The lowest BCUT2D eigenvalue weighted by Crippen LogP contribution is -2.32. The third-order valence-electron chi connectivity index (χ3n) is 4.40. The van der Waals surface area contributed by atoms with E-state index in [1.54, 1.807) is 11.3 Å². The maximum atomic E-state index is 13.3. The van der Waals surface area contributed by atoms with Crippen molar-refractivity contribution in [1.82, 2.24) is 4.31 Å². The van der Waals surface area contributed by atoms with E-state index in [2.05, 4.69) is 0 Å². The third kappa shape index (κ3) is 4.86. The van der Waals surface area contributed by atoms with E-state index < -0.39 is 15.9 Å². The number of nitrogens with two attached hydrogens (primary N) is 1. The monoisotopic (exact) mass is 414 g/mol. The number of hydrogen-bond acceptors (Lipinski definition) is 4. The molecule has 28 heavy (non-hydrogen) atoms. The summed E-state index contributed by atoms with van der Waals surface area (Å²) in [5.41, 5.74) is 6.61. The number of rotatable bonds is 8. The fraction of sp³-hybridized carbons (Fsp3) is 0.190. The van der Waals surface area contributed by atoms with Crippen molar-refractivity contribution >= 4 is 27.3 Å². The first kappa shape index (κ1) is 20.3. The van der Waals surface area contributed by atoms with Crippen LogP contribution >= 0.6 is 11.3 Å². The number of thiophene rings is 1. The first-order chi connectivity index (χ1) is 13.4. The molecule has 0 fully saturated rings. The summed E-state index contributed by atoms with van der Waals surface area (Å²) in [6.45, 7) is 2.67. The number of hydrogen-bond donors (Lipinski definition) is 1. The highest BCUT2D eigenvalue weighted by Gasteiger charge is 2.25. The van der Waals surface area contributed by atoms with Gasteiger partial charge < -0.3 is 5.73 Å². The van der Waals surface area contributed by atoms with Crippen LogP contribution in [0.25, 0.3) is 0 Å². The number of sulfonamides is 1. The predicted octanol–water partition coefficient (Wildman–Crippen LogP) is 3.59. The molecule has 0 saturated carbocycles. The molecular weight excluding hydrogens is 392 g/mol. The Bertz CT molecular complexity index is 1040. The van der Waals surface area contributed by atoms with Gasteiger partial charge in [-0.25, -0.2) is 8.42 Å². The van der Waals surface area contributed by atoms with Gasteiger partial charge in [-0.15, -0.1) is 11.3 Å². The Morgan fingerprint density at radius 1 is 1.00 bits per heavy atom. The Morgan fingerprint density at radius 3 is 2.25 bits per heavy atom. The quantitative estimate of drug-likeness (QED) is 0.612. The van der Waals surface area contributed by atoms with Gasteiger partial charge in [0.25, 0.3) is 0 Å². The molecule has 0 saturated heterocycles. The van der Waals surface area contributed by atoms with Crippen molar-refractivity contribution in [2.45, 2.75) is 24.8 Å². The van der Waals surface area contributed by atoms with Gasteiger partial charge in [-0.3, -0.25) is 4.79 Å². The standard InChI is InChI=1S/C21H22N2O3S2/c1-16-7-10-19(27-16)15-23(14-13-17-5-3-2-4-6-17)28(25,26)20-11-8-18(9-12-20)21(22)24/h2-12H,13-15H2,1H3,(H2,22,24). The molecule has 0 radical (unpaired) electrons. The minimum Gasteiger partial charge on any atom is -0.366 e. The van der Waals surface area contributed by atoms with Crippen LogP contribution in [0.2, 0.25) is 0 Å². The largest absolute Gasteiger partial charge is 0.366 e. The average Bonchev–Trinajstić information content (AvgIpc) is 3.10. The van der Waals surface area contributed by atoms with Gasteiger partial charge in [0, 0.05) is 28.4 Å². The molecule has 1 aromatic heterocycles. The topological polar surface area (TPSA) is 80.5 Å². The number of carbonyl (C=O) groups is 1. The molecule has 5 nitrogen and oxygen atoms in total. The molecule has 0 atom stereocenters. The molecule has 7 heteroatoms. The molecule has 1 heterocycles. The summed E-state index contributed by atoms with van der Waals surface area (Å²) < 4.78 is 28.0. The van der Waals surface area contributed by atoms with Crippen LogP contribution in [0.3, 0.4) is 0 Å². The van der Waals surface area contributed by atoms with Crippen LogP contribution < -0.4 is 5.73 Å². The second kappa shape index (κ2) is 8.68. The fourth-order valence-corrected chi connectivity index (χ4v) is 5.27. The molecule has 0 spiro atoms. The number of carbonyl (C=O) groups excluding carboxylic acids is 1. The molecule has 0 bridgehead atoms. The molecule has 0 aliphatic carbocycles. The second-order valence-electron chi connectivity index (χ2n) is 6.48. The summed E-state index contributed by atoms with van der Waals surface area (Å²) >= 11 is 1.59. The zero-order valence-electron chi connectivity index (χ0n) is 15.5. The lowest BCUT2D eigenvalue weighted by atomic mass is 10.1. The van der Waals surface area contributed by atoms with Gasteiger partial charge >= 0.3 is 0 Å². The Labute approximate surface area is 169 Å². The first-order valence-electron chi connectivity index (χ1n) is 8.85. The molecule has 0 aliphatic rings. The normalized spacial score (nSPS) is 11.6. The van der Waals surface area contributed by atoms with Gasteiger partial charge in [0.1, 0.15) is 0 Å². The summed E-state index contributed by atoms with van der Waals surface area (Å²) in [6, 6.07) is 19.5. The molecule has 0 unspecified atom stereocenters. The Kier molecular flexibility index (Phi) is 6.28. The first-order valence-corrected chi connectivity index (χ1v) is 11.1. The van der Waals surface area contributed by atoms with Gasteiger partial charge in [-0.05, 0) is 55.3 Å². The van der Waals surface area contributed by atoms with Gasteiger partial charge in [0.2, 0.25) is 15.9 Å². The van der Waals surface area contributed by atoms with Crippen LogP contribution in [0, 0.1) is 6.92 Å². The summed E-state index contributed by atoms with van der Waals surface area (Å²) in [5, 5.41) is 0. The average molecular weight is 415 g/mol. The molecule has 0 aliphatic heterocycles. The van der Waals surface area contributed by atoms with E-state index in [9.17, 15) is 13.2 Å². The van der Waals surface area contributed by atoms with Gasteiger partial charge in [0.05, 0.1) is 4.90 Å². The fourth-order valence-electron chi connectivity index (χ4n) is 2.87. The van der Waals surface area contributed by atoms with E-state index in [-0.39, 0.29) is 10.5 Å². The summed E-state index contributed by atoms with van der Waals surface area (Å²) in [5.74, 6) is -0.584. The van der Waals surface area contributed by atoms with Crippen molar-refractivity contribution in [3.8, 4) is 0 Å². The van der Waals surface area contributed by atoms with Crippen molar-refractivity contribution in [3.05, 3.63) is 87.6 Å². The summed E-state index contributed by atoms with van der Waals surface area (Å²) in [6.07, 6.45) is 0.615. The van der Waals surface area contributed by atoms with Crippen LogP contribution in [0.15, 0.2) is 71.6 Å². The summed E-state index contributed by atoms with van der Waals surface area (Å²) in [7, 11) is -3.71. The van der Waals surface area contributed by atoms with E-state index in [0.717, 1.165) is 15.3 Å². The maximum Gasteiger partial charge on any atom is 0.248 e. The van der Waals surface area contributed by atoms with Crippen molar-refractivity contribution in [1.29, 1.82) is 0 Å². The molecule has 146 valence electrons. The maximum absolute atomic E-state index is 13.3. The number of amides is 1. The lowest BCUT2D eigenvalue weighted by Gasteiger charge is -2.22. The highest BCUT2D eigenvalue weighted by Crippen LogP contribution is 2.23. The third-order valence-corrected chi connectivity index (χ3v) is 7.24. The van der Waals surface area contributed by atoms with E-state index in [0.29, 0.717) is 19.5 Å². The minimum atomic E-state index is -3.71. The van der Waals surface area contributed by atoms with Crippen LogP contribution in [-0.4, -0.2) is 25.2 Å². The molecule has 3 aromatic rings. The van der Waals surface area contributed by atoms with E-state index in [1.165, 1.54) is 28.6 Å². The van der Waals surface area contributed by atoms with E-state index >= 15 is 0 Å². The van der Waals surface area contributed by atoms with Gasteiger partial charge in [-0.2, -0.15) is 4.31 Å². The SMILES string of the molecule is Cc1ccc(CN(CCc2ccccc2)S(=O)(=O)c2ccc(C(N)=O)cc2)s1. The van der Waals surface area contributed by atoms with Gasteiger partial charge in [0.15, 0.2) is 0 Å². The van der Waals surface area contributed by atoms with Gasteiger partial charge in [-0.1, -0.05) is 30.3 Å². The number of nitrogens with zero attached hydrogens (tertiary/aromatic N) is 1. The minimum absolute atomic E-state index is 0.152. The highest BCUT2D eigenvalue weighted by atomic mass is 32.2. The Hall–Kier alpha value is -2.48. The smallest absolute Gasteiger partial charge is 0.248 e. The van der Waals surface area contributed by atoms with Crippen LogP contribution in [0.4, 0.5) is 0 Å². The zero-order chi connectivity index (χ0) is 20.1. The molecule has 2 aromatic carbocycles. The molecule has 1 amide bonds. The second-order valence-corrected chi connectivity index (χ2v) is 9.79. The summed E-state index contributed by atoms with van der Waals surface area (Å²) in [4.78, 5) is 13.5. The van der Waals surface area contributed by atoms with Crippen LogP contribution in [-0.2, 0) is 23.0 Å². The van der Waals surface area contributed by atoms with Crippen LogP contribution in [0.1, 0.15) is 25.7 Å². The predicted molar refractivity (Wildman–Crippen MR) is 112 cm³/mol. The lowest BCUT2D eigenvalue weighted by molar-refractivity contribution is 0.1000. The number of benzene rings is 2. The van der Waals surface area contributed by atoms with Crippen molar-refractivity contribution in [3.63, 3.8) is 0 Å². The highest BCUT2D eigenvalue weighted by molar-refractivity contribution is 7.89. The van der Waals surface area contributed by atoms with Crippen molar-refractivity contribution in [2.75, 3.05) is 6.54 Å². The Balaban J connectivity index is 1.87. The molecule has 2 N–H and O–H groups in total. The van der Waals surface area contributed by atoms with Crippen molar-refractivity contribution in [2.24, 2.45) is 5.73 Å². The zero-order valence-corrected chi connectivity index (χ0v) is 17.2. The molecular formula is C21H22N2O3S2. The molecule has 3 rings (SSSR count).